The van der Waals surface area contributed by atoms with Crippen LogP contribution in [-0.4, -0.2) is 51.8 Å². The second-order valence-electron chi connectivity index (χ2n) is 7.34. The lowest BCUT2D eigenvalue weighted by atomic mass is 9.85. The number of sulfonamides is 1. The van der Waals surface area contributed by atoms with Crippen molar-refractivity contribution in [3.63, 3.8) is 0 Å². The summed E-state index contributed by atoms with van der Waals surface area (Å²) < 4.78 is 29.1. The van der Waals surface area contributed by atoms with Crippen molar-refractivity contribution in [2.24, 2.45) is 5.92 Å². The van der Waals surface area contributed by atoms with Gasteiger partial charge >= 0.3 is 0 Å². The molecule has 3 atom stereocenters. The Balaban J connectivity index is 1.54. The highest BCUT2D eigenvalue weighted by atomic mass is 32.2. The molecule has 7 heteroatoms. The Hall–Kier alpha value is -1.70. The maximum absolute atomic E-state index is 12.7. The monoisotopic (exact) mass is 359 g/mol. The summed E-state index contributed by atoms with van der Waals surface area (Å²) in [6, 6.07) is 8.07. The first kappa shape index (κ1) is 15.5. The normalized spacial score (nSPS) is 29.4. The fourth-order valence-electron chi connectivity index (χ4n) is 4.37. The van der Waals surface area contributed by atoms with Crippen LogP contribution < -0.4 is 0 Å². The molecule has 3 aliphatic rings. The third-order valence-electron chi connectivity index (χ3n) is 5.82. The van der Waals surface area contributed by atoms with Crippen LogP contribution in [0.15, 0.2) is 36.8 Å². The molecule has 1 aromatic heterocycles. The molecule has 3 heterocycles. The van der Waals surface area contributed by atoms with E-state index in [9.17, 15) is 13.5 Å². The number of aliphatic hydroxyl groups excluding tert-OH is 1. The molecule has 0 unspecified atom stereocenters. The van der Waals surface area contributed by atoms with E-state index < -0.39 is 16.1 Å². The number of nitrogens with zero attached hydrogens (tertiary/aromatic N) is 3. The zero-order chi connectivity index (χ0) is 17.2. The predicted octanol–water partition coefficient (Wildman–Crippen LogP) is 1.63. The Bertz CT molecular complexity index is 919. The summed E-state index contributed by atoms with van der Waals surface area (Å²) in [5.74, 6) is -0.168. The molecule has 1 N–H and O–H groups in total. The first-order valence-corrected chi connectivity index (χ1v) is 10.4. The second-order valence-corrected chi connectivity index (χ2v) is 9.55. The number of aliphatic hydroxyl groups is 1. The van der Waals surface area contributed by atoms with E-state index in [1.165, 1.54) is 0 Å². The number of benzene rings is 1. The smallest absolute Gasteiger partial charge is 0.216 e. The number of hydrogen-bond donors (Lipinski definition) is 1. The molecule has 1 aliphatic carbocycles. The molecule has 2 aliphatic heterocycles. The van der Waals surface area contributed by atoms with Crippen molar-refractivity contribution in [2.45, 2.75) is 36.7 Å². The van der Waals surface area contributed by atoms with Crippen molar-refractivity contribution < 1.29 is 13.5 Å². The number of fused-ring (bicyclic) bond motifs is 3. The van der Waals surface area contributed by atoms with Crippen LogP contribution in [0, 0.1) is 5.92 Å². The van der Waals surface area contributed by atoms with Gasteiger partial charge in [-0.15, -0.1) is 0 Å². The molecule has 5 rings (SSSR count). The maximum atomic E-state index is 12.7. The third-order valence-corrected chi connectivity index (χ3v) is 8.18. The van der Waals surface area contributed by atoms with Crippen molar-refractivity contribution in [2.75, 3.05) is 13.1 Å². The van der Waals surface area contributed by atoms with E-state index in [2.05, 4.69) is 21.7 Å². The van der Waals surface area contributed by atoms with Crippen LogP contribution in [0.3, 0.4) is 0 Å². The Morgan fingerprint density at radius 2 is 1.96 bits per heavy atom. The summed E-state index contributed by atoms with van der Waals surface area (Å²) in [5, 5.41) is 10.5. The molecule has 1 saturated carbocycles. The molecule has 2 aromatic rings. The van der Waals surface area contributed by atoms with Crippen LogP contribution in [0.2, 0.25) is 0 Å². The molecule has 6 nitrogen and oxygen atoms in total. The van der Waals surface area contributed by atoms with Crippen molar-refractivity contribution in [3.05, 3.63) is 42.4 Å². The highest BCUT2D eigenvalue weighted by molar-refractivity contribution is 7.90. The Morgan fingerprint density at radius 3 is 2.76 bits per heavy atom. The van der Waals surface area contributed by atoms with Gasteiger partial charge in [0.05, 0.1) is 35.6 Å². The van der Waals surface area contributed by atoms with Crippen molar-refractivity contribution in [1.29, 1.82) is 0 Å². The molecule has 0 spiro atoms. The van der Waals surface area contributed by atoms with Gasteiger partial charge in [0.25, 0.3) is 0 Å². The quantitative estimate of drug-likeness (QED) is 0.904. The van der Waals surface area contributed by atoms with Gasteiger partial charge in [-0.3, -0.25) is 0 Å². The van der Waals surface area contributed by atoms with E-state index >= 15 is 0 Å². The van der Waals surface area contributed by atoms with Crippen LogP contribution in [0.5, 0.6) is 0 Å². The van der Waals surface area contributed by atoms with Crippen LogP contribution in [-0.2, 0) is 10.0 Å². The average Bonchev–Trinajstić information content (AvgIpc) is 3.29. The van der Waals surface area contributed by atoms with Crippen molar-refractivity contribution in [1.82, 2.24) is 13.9 Å². The van der Waals surface area contributed by atoms with Gasteiger partial charge in [0.15, 0.2) is 0 Å². The molecule has 0 amide bonds. The first-order chi connectivity index (χ1) is 12.1. The summed E-state index contributed by atoms with van der Waals surface area (Å²) in [6.07, 6.45) is 5.14. The van der Waals surface area contributed by atoms with Gasteiger partial charge in [-0.1, -0.05) is 24.3 Å². The molecule has 0 radical (unpaired) electrons. The van der Waals surface area contributed by atoms with Crippen LogP contribution in [0.25, 0.3) is 11.3 Å². The standard InChI is InChI=1S/C18H21N3O3S/c22-17-7-8-20(25(23,24)12-5-6-12)10-15(17)18-14-4-2-1-3-13(14)16-9-19-11-21(16)18/h1-4,9,11-12,15,17-18,22H,5-8,10H2/t15-,17-,18-/m0/s1. The summed E-state index contributed by atoms with van der Waals surface area (Å²) >= 11 is 0. The Labute approximate surface area is 147 Å². The van der Waals surface area contributed by atoms with E-state index in [0.29, 0.717) is 19.5 Å². The molecule has 0 bridgehead atoms. The highest BCUT2D eigenvalue weighted by Crippen LogP contribution is 2.45. The van der Waals surface area contributed by atoms with Crippen molar-refractivity contribution in [3.8, 4) is 11.3 Å². The lowest BCUT2D eigenvalue weighted by molar-refractivity contribution is 0.0356. The van der Waals surface area contributed by atoms with Gasteiger partial charge in [-0.2, -0.15) is 0 Å². The first-order valence-electron chi connectivity index (χ1n) is 8.85. The highest BCUT2D eigenvalue weighted by Gasteiger charge is 2.46. The second kappa shape index (κ2) is 5.40. The van der Waals surface area contributed by atoms with Gasteiger partial charge in [0.1, 0.15) is 0 Å². The van der Waals surface area contributed by atoms with Crippen LogP contribution >= 0.6 is 0 Å². The Morgan fingerprint density at radius 1 is 1.16 bits per heavy atom. The summed E-state index contributed by atoms with van der Waals surface area (Å²) in [5.41, 5.74) is 3.31. The number of aromatic nitrogens is 2. The molecular weight excluding hydrogens is 338 g/mol. The van der Waals surface area contributed by atoms with Crippen LogP contribution in [0.4, 0.5) is 0 Å². The SMILES string of the molecule is O=S(=O)(C1CC1)N1CC[C@H](O)[C@@H]([C@@H]2c3ccccc3-c3cncn32)C1. The third kappa shape index (κ3) is 2.29. The average molecular weight is 359 g/mol. The van der Waals surface area contributed by atoms with E-state index in [1.807, 2.05) is 18.3 Å². The number of imidazole rings is 1. The molecule has 25 heavy (non-hydrogen) atoms. The summed E-state index contributed by atoms with van der Waals surface area (Å²) in [6.45, 7) is 0.790. The number of piperidine rings is 1. The molecule has 1 saturated heterocycles. The summed E-state index contributed by atoms with van der Waals surface area (Å²) in [7, 11) is -3.22. The van der Waals surface area contributed by atoms with E-state index in [-0.39, 0.29) is 17.2 Å². The fraction of sp³-hybridized carbons (Fsp3) is 0.500. The minimum atomic E-state index is -3.22. The molecule has 132 valence electrons. The topological polar surface area (TPSA) is 75.4 Å². The van der Waals surface area contributed by atoms with Crippen LogP contribution in [0.1, 0.15) is 30.9 Å². The van der Waals surface area contributed by atoms with E-state index in [0.717, 1.165) is 29.7 Å². The van der Waals surface area contributed by atoms with Gasteiger partial charge in [0.2, 0.25) is 10.0 Å². The molecule has 1 aromatic carbocycles. The zero-order valence-corrected chi connectivity index (χ0v) is 14.6. The minimum absolute atomic E-state index is 0.0686. The minimum Gasteiger partial charge on any atom is -0.393 e. The molecular formula is C18H21N3O3S. The molecule has 2 fully saturated rings. The van der Waals surface area contributed by atoms with Crippen molar-refractivity contribution >= 4 is 10.0 Å². The van der Waals surface area contributed by atoms with Gasteiger partial charge in [0, 0.05) is 24.6 Å². The summed E-state index contributed by atoms with van der Waals surface area (Å²) in [4.78, 5) is 4.27. The lowest BCUT2D eigenvalue weighted by Crippen LogP contribution is -2.49. The number of hydrogen-bond acceptors (Lipinski definition) is 4. The van der Waals surface area contributed by atoms with Gasteiger partial charge in [-0.05, 0) is 24.8 Å². The largest absolute Gasteiger partial charge is 0.393 e. The maximum Gasteiger partial charge on any atom is 0.216 e. The van der Waals surface area contributed by atoms with E-state index in [4.69, 9.17) is 0 Å². The Kier molecular flexibility index (Phi) is 3.36. The predicted molar refractivity (Wildman–Crippen MR) is 93.4 cm³/mol. The van der Waals surface area contributed by atoms with E-state index in [1.54, 1.807) is 10.6 Å². The number of rotatable bonds is 3. The van der Waals surface area contributed by atoms with Gasteiger partial charge in [-0.25, -0.2) is 17.7 Å². The van der Waals surface area contributed by atoms with Gasteiger partial charge < -0.3 is 9.67 Å². The fourth-order valence-corrected chi connectivity index (χ4v) is 6.26. The lowest BCUT2D eigenvalue weighted by Gasteiger charge is -2.39. The zero-order valence-electron chi connectivity index (χ0n) is 13.8.